The molecule has 2 aliphatic rings. The summed E-state index contributed by atoms with van der Waals surface area (Å²) in [6, 6.07) is 59.8. The second-order valence-electron chi connectivity index (χ2n) is 21.6. The molecule has 23 aromatic rings. The van der Waals surface area contributed by atoms with Gasteiger partial charge in [0.25, 0.3) is 0 Å². The third-order valence-corrected chi connectivity index (χ3v) is 30.9. The molecule has 2 aliphatic carbocycles. The Kier molecular flexibility index (Phi) is 97.9. The molecular formula is C116H168N8S17. The van der Waals surface area contributed by atoms with Gasteiger partial charge in [-0.3, -0.25) is 0 Å². The van der Waals surface area contributed by atoms with Crippen LogP contribution in [0.25, 0.3) is 129 Å². The molecule has 0 spiro atoms. The predicted octanol–water partition coefficient (Wildman–Crippen LogP) is 49.4. The summed E-state index contributed by atoms with van der Waals surface area (Å²) in [5.41, 5.74) is 23.7. The highest BCUT2D eigenvalue weighted by atomic mass is 32.2. The highest BCUT2D eigenvalue weighted by molar-refractivity contribution is 7.27. The molecule has 0 radical (unpaired) electrons. The smallest absolute Gasteiger partial charge is 0.154 e. The van der Waals surface area contributed by atoms with Crippen molar-refractivity contribution in [1.82, 2.24) is 39.9 Å². The minimum atomic E-state index is 0.942. The second kappa shape index (κ2) is 97.3. The van der Waals surface area contributed by atoms with Gasteiger partial charge in [-0.1, -0.05) is 344 Å². The van der Waals surface area contributed by atoms with Crippen LogP contribution in [-0.2, 0) is 12.8 Å². The Labute approximate surface area is 921 Å². The summed E-state index contributed by atoms with van der Waals surface area (Å²) in [6.45, 7) is 80.0. The molecular weight excluding hydrogens is 2050 g/mol. The Hall–Kier alpha value is -7.48. The van der Waals surface area contributed by atoms with E-state index in [9.17, 15) is 0 Å². The number of para-hydroxylation sites is 1. The fraction of sp³-hybridized carbons (Fsp3) is 0.362. The lowest BCUT2D eigenvalue weighted by Gasteiger charge is -1.89. The van der Waals surface area contributed by atoms with E-state index in [1.54, 1.807) is 136 Å². The SMILES string of the molecule is CC.CC.CC.CC.CC.CC.CC.CC.CC.CC.CC.CC.CC.CC.CC.CC.CC.CC.CC.CC.c1cc2c(s1)-c1sccc1C2.c1cc2cc3sccc3cc2s1.c1cc2sccc2s1.c1ccc2c(c1)sc1ccccc12.c1ccc2sccc2c1.c1ccc2scnc2c1.c1nc2c(s1)-c1scnc1C2.c1nc2cc3scnc3cc2s1.c1nc2sccc2s1.c1nc2scnc2s1. The molecule has 774 valence electrons. The first kappa shape index (κ1) is 142. The first-order chi connectivity index (χ1) is 70.0. The topological polar surface area (TPSA) is 103 Å². The molecule has 0 unspecified atom stereocenters. The minimum absolute atomic E-state index is 0.942. The molecule has 141 heavy (non-hydrogen) atoms. The number of nitrogens with zero attached hydrogens (tertiary/aromatic N) is 8. The molecule has 17 heterocycles. The van der Waals surface area contributed by atoms with Crippen molar-refractivity contribution >= 4 is 302 Å². The molecule has 0 atom stereocenters. The average Bonchev–Trinajstić information content (AvgIpc) is 1.63. The quantitative estimate of drug-likeness (QED) is 0.148. The Morgan fingerprint density at radius 3 is 0.879 bits per heavy atom. The van der Waals surface area contributed by atoms with E-state index in [1.807, 2.05) is 396 Å². The van der Waals surface area contributed by atoms with Crippen LogP contribution in [0, 0.1) is 0 Å². The maximum Gasteiger partial charge on any atom is 0.154 e. The summed E-state index contributed by atoms with van der Waals surface area (Å²) in [5.74, 6) is 0. The van der Waals surface area contributed by atoms with E-state index in [2.05, 4.69) is 235 Å². The van der Waals surface area contributed by atoms with Crippen molar-refractivity contribution < 1.29 is 0 Å². The van der Waals surface area contributed by atoms with Gasteiger partial charge in [-0.15, -0.1) is 193 Å². The van der Waals surface area contributed by atoms with Gasteiger partial charge < -0.3 is 0 Å². The van der Waals surface area contributed by atoms with E-state index in [4.69, 9.17) is 0 Å². The van der Waals surface area contributed by atoms with E-state index in [0.717, 1.165) is 43.9 Å². The van der Waals surface area contributed by atoms with Gasteiger partial charge >= 0.3 is 0 Å². The zero-order valence-corrected chi connectivity index (χ0v) is 106. The average molecular weight is 2220 g/mol. The van der Waals surface area contributed by atoms with Gasteiger partial charge in [-0.05, 0) is 173 Å². The summed E-state index contributed by atoms with van der Waals surface area (Å²) in [7, 11) is 0. The predicted molar refractivity (Wildman–Crippen MR) is 687 cm³/mol. The fourth-order valence-corrected chi connectivity index (χ4v) is 25.2. The summed E-state index contributed by atoms with van der Waals surface area (Å²) in [5, 5.41) is 23.9. The van der Waals surface area contributed by atoms with Crippen molar-refractivity contribution in [2.45, 2.75) is 290 Å². The number of hydrogen-bond acceptors (Lipinski definition) is 25. The Balaban J connectivity index is -0.000000468. The van der Waals surface area contributed by atoms with E-state index in [1.165, 1.54) is 121 Å². The number of rotatable bonds is 0. The van der Waals surface area contributed by atoms with Crippen LogP contribution in [0.1, 0.15) is 299 Å². The maximum atomic E-state index is 4.27. The molecule has 0 aliphatic heterocycles. The van der Waals surface area contributed by atoms with Crippen LogP contribution in [0.2, 0.25) is 0 Å². The molecule has 8 nitrogen and oxygen atoms in total. The van der Waals surface area contributed by atoms with Crippen LogP contribution >= 0.6 is 193 Å². The molecule has 0 fully saturated rings. The van der Waals surface area contributed by atoms with Crippen molar-refractivity contribution in [1.29, 1.82) is 0 Å². The summed E-state index contributed by atoms with van der Waals surface area (Å²) in [6.07, 6.45) is 2.11. The molecule has 0 amide bonds. The van der Waals surface area contributed by atoms with Gasteiger partial charge in [-0.25, -0.2) is 39.9 Å². The number of fused-ring (bicyclic) bond motifs is 18. The summed E-state index contributed by atoms with van der Waals surface area (Å²) in [4.78, 5) is 42.3. The summed E-state index contributed by atoms with van der Waals surface area (Å²) >= 11 is 29.6. The lowest BCUT2D eigenvalue weighted by Crippen LogP contribution is -1.80. The van der Waals surface area contributed by atoms with Crippen LogP contribution in [0.5, 0.6) is 0 Å². The Bertz CT molecular complexity index is 5570. The van der Waals surface area contributed by atoms with Gasteiger partial charge in [-0.2, -0.15) is 0 Å². The van der Waals surface area contributed by atoms with Gasteiger partial charge in [0.1, 0.15) is 4.83 Å². The molecule has 0 N–H and O–H groups in total. The summed E-state index contributed by atoms with van der Waals surface area (Å²) < 4.78 is 14.7. The minimum Gasteiger partial charge on any atom is -0.249 e. The highest BCUT2D eigenvalue weighted by Gasteiger charge is 2.23. The molecule has 17 aromatic heterocycles. The monoisotopic (exact) mass is 2220 g/mol. The second-order valence-corrected chi connectivity index (χ2v) is 37.1. The number of hydrogen-bond donors (Lipinski definition) is 0. The maximum absolute atomic E-state index is 4.27. The van der Waals surface area contributed by atoms with Crippen molar-refractivity contribution in [3.63, 3.8) is 0 Å². The van der Waals surface area contributed by atoms with Gasteiger partial charge in [0.2, 0.25) is 0 Å². The molecule has 25 heteroatoms. The van der Waals surface area contributed by atoms with E-state index < -0.39 is 0 Å². The third kappa shape index (κ3) is 48.2. The van der Waals surface area contributed by atoms with Crippen LogP contribution in [0.15, 0.2) is 257 Å². The van der Waals surface area contributed by atoms with Crippen molar-refractivity contribution in [2.75, 3.05) is 0 Å². The lowest BCUT2D eigenvalue weighted by molar-refractivity contribution is 1.09. The first-order valence-electron chi connectivity index (χ1n) is 50.8. The van der Waals surface area contributed by atoms with Crippen LogP contribution in [0.4, 0.5) is 0 Å². The fourth-order valence-electron chi connectivity index (χ4n) is 10.7. The van der Waals surface area contributed by atoms with Gasteiger partial charge in [0.05, 0.1) is 101 Å². The highest BCUT2D eigenvalue weighted by Crippen LogP contribution is 2.44. The van der Waals surface area contributed by atoms with Crippen LogP contribution in [0.3, 0.4) is 0 Å². The first-order valence-corrected chi connectivity index (χ1v) is 65.7. The third-order valence-electron chi connectivity index (χ3n) is 15.5. The van der Waals surface area contributed by atoms with Crippen LogP contribution in [-0.4, -0.2) is 39.9 Å². The molecule has 0 saturated heterocycles. The zero-order chi connectivity index (χ0) is 108. The van der Waals surface area contributed by atoms with Crippen LogP contribution < -0.4 is 0 Å². The molecule has 6 aromatic carbocycles. The lowest BCUT2D eigenvalue weighted by atomic mass is 10.2. The number of aromatic nitrogens is 8. The number of benzene rings is 6. The Morgan fingerprint density at radius 2 is 0.468 bits per heavy atom. The van der Waals surface area contributed by atoms with E-state index >= 15 is 0 Å². The normalized spacial score (nSPS) is 8.94. The van der Waals surface area contributed by atoms with Crippen molar-refractivity contribution in [2.24, 2.45) is 0 Å². The van der Waals surface area contributed by atoms with Gasteiger partial charge in [0.15, 0.2) is 9.66 Å². The standard InChI is InChI=1S/C12H8S.C10H6S2.C9H6S2.C8H4N2S2.C8H6S.C7H4N2S2.C7H5NS.C6H4S2.C5H3NS2.C4H2N2S2.20C2H6/c1-3-7-11-9(5-1)10-6-2-4-8-12(10)13-11;1-3-11-9-6-8-2-4-12-10(8)5-7(1)9;1-3-10-8-6(1)5-7-2-4-11-9(7)8;1-5-8(12-3-9-5)2-6-7(1)11-4-10-6;1-2-4-8-7(3-1)5-6-9-8;1-4-6(10-2-8-4)7-5(1)9-3-11-7;1-2-4-7-6(3-1)8-5-9-7;1-3-7-6-2-4-8-5(1)6;1-2-7-5-4(1)8-3-6-5;1-5-3-4(7-1)6-2-8-3;20*1-2/h1-8H;1-6H;1-4H,5H2;1-4H;1-6H;2-3H,1H2;1-5H;1-4H;1-3H;1-2H;20*1-2H3. The van der Waals surface area contributed by atoms with Gasteiger partial charge in [0, 0.05) is 66.3 Å². The number of thiazole rings is 8. The van der Waals surface area contributed by atoms with E-state index in [-0.39, 0.29) is 0 Å². The molecule has 0 bridgehead atoms. The molecule has 0 saturated carbocycles. The zero-order valence-electron chi connectivity index (χ0n) is 92.3. The largest absolute Gasteiger partial charge is 0.249 e. The molecule has 25 rings (SSSR count). The number of thiophene rings is 9. The van der Waals surface area contributed by atoms with Crippen molar-refractivity contribution in [3.8, 4) is 19.5 Å². The Morgan fingerprint density at radius 1 is 0.170 bits per heavy atom. The van der Waals surface area contributed by atoms with Crippen molar-refractivity contribution in [3.05, 3.63) is 279 Å². The van der Waals surface area contributed by atoms with E-state index in [0.29, 0.717) is 0 Å².